The number of nitrogens with one attached hydrogen (secondary N) is 1. The summed E-state index contributed by atoms with van der Waals surface area (Å²) >= 11 is 5.97. The summed E-state index contributed by atoms with van der Waals surface area (Å²) in [5.41, 5.74) is 3.09. The monoisotopic (exact) mass is 328 g/mol. The lowest BCUT2D eigenvalue weighted by Gasteiger charge is -2.08. The van der Waals surface area contributed by atoms with E-state index < -0.39 is 5.97 Å². The van der Waals surface area contributed by atoms with Gasteiger partial charge in [-0.3, -0.25) is 0 Å². The predicted molar refractivity (Wildman–Crippen MR) is 84.2 cm³/mol. The first-order valence-electron chi connectivity index (χ1n) is 6.91. The van der Waals surface area contributed by atoms with Crippen molar-refractivity contribution in [3.8, 4) is 0 Å². The number of carboxylic acid groups (broad SMARTS) is 1. The lowest BCUT2D eigenvalue weighted by molar-refractivity contribution is -0.668. The Morgan fingerprint density at radius 2 is 2.00 bits per heavy atom. The summed E-state index contributed by atoms with van der Waals surface area (Å²) in [6, 6.07) is 11.1. The Bertz CT molecular complexity index is 881. The Kier molecular flexibility index (Phi) is 4.08. The third-order valence-corrected chi connectivity index (χ3v) is 3.52. The summed E-state index contributed by atoms with van der Waals surface area (Å²) in [7, 11) is 0. The molecule has 0 spiro atoms. The molecule has 0 aliphatic rings. The van der Waals surface area contributed by atoms with E-state index in [9.17, 15) is 9.90 Å². The van der Waals surface area contributed by atoms with E-state index in [1.807, 2.05) is 31.2 Å². The molecule has 0 bridgehead atoms. The second-order valence-electron chi connectivity index (χ2n) is 5.09. The van der Waals surface area contributed by atoms with Crippen molar-refractivity contribution in [3.63, 3.8) is 0 Å². The first-order chi connectivity index (χ1) is 11.0. The molecule has 0 saturated carbocycles. The van der Waals surface area contributed by atoms with Gasteiger partial charge < -0.3 is 15.2 Å². The number of rotatable bonds is 4. The van der Waals surface area contributed by atoms with Gasteiger partial charge in [0.25, 0.3) is 12.1 Å². The van der Waals surface area contributed by atoms with Crippen LogP contribution in [0.5, 0.6) is 0 Å². The van der Waals surface area contributed by atoms with Crippen LogP contribution in [-0.2, 0) is 11.3 Å². The van der Waals surface area contributed by atoms with Crippen LogP contribution in [0.25, 0.3) is 11.0 Å². The van der Waals surface area contributed by atoms with Gasteiger partial charge in [-0.2, -0.15) is 0 Å². The number of carboxylic acids is 1. The van der Waals surface area contributed by atoms with Crippen molar-refractivity contribution in [2.45, 2.75) is 13.5 Å². The average Bonchev–Trinajstić information content (AvgIpc) is 2.51. The summed E-state index contributed by atoms with van der Waals surface area (Å²) in [5.74, 6) is -0.701. The van der Waals surface area contributed by atoms with Gasteiger partial charge in [0.1, 0.15) is 11.7 Å². The number of fused-ring (bicyclic) bond motifs is 1. The molecule has 0 aliphatic heterocycles. The normalized spacial score (nSPS) is 10.7. The second kappa shape index (κ2) is 6.18. The Labute approximate surface area is 137 Å². The number of halogens is 1. The number of aliphatic carboxylic acids is 1. The minimum atomic E-state index is -1.20. The maximum Gasteiger partial charge on any atom is 0.289 e. The highest BCUT2D eigenvalue weighted by molar-refractivity contribution is 6.29. The Morgan fingerprint density at radius 1 is 1.26 bits per heavy atom. The van der Waals surface area contributed by atoms with Gasteiger partial charge in [0.05, 0.1) is 5.97 Å². The van der Waals surface area contributed by atoms with Gasteiger partial charge in [-0.05, 0) is 36.2 Å². The molecule has 1 aromatic carbocycles. The first-order valence-corrected chi connectivity index (χ1v) is 7.29. The van der Waals surface area contributed by atoms with Gasteiger partial charge in [0.2, 0.25) is 0 Å². The van der Waals surface area contributed by atoms with Crippen LogP contribution in [0.3, 0.4) is 0 Å². The lowest BCUT2D eigenvalue weighted by Crippen LogP contribution is -2.44. The van der Waals surface area contributed by atoms with Crippen molar-refractivity contribution >= 4 is 40.1 Å². The van der Waals surface area contributed by atoms with Gasteiger partial charge in [-0.15, -0.1) is 0 Å². The Hall–Kier alpha value is -2.73. The molecule has 0 unspecified atom stereocenters. The number of hydrogen-bond acceptors (Lipinski definition) is 5. The molecular weight excluding hydrogens is 316 g/mol. The second-order valence-corrected chi connectivity index (χ2v) is 5.47. The molecule has 7 heteroatoms. The maximum absolute atomic E-state index is 10.9. The van der Waals surface area contributed by atoms with Crippen LogP contribution in [0.2, 0.25) is 5.15 Å². The van der Waals surface area contributed by atoms with Crippen molar-refractivity contribution in [2.75, 3.05) is 5.32 Å². The molecule has 3 aromatic rings. The van der Waals surface area contributed by atoms with Crippen molar-refractivity contribution in [1.82, 2.24) is 9.97 Å². The number of carbonyl (C=O) groups excluding carboxylic acids is 1. The summed E-state index contributed by atoms with van der Waals surface area (Å²) in [5, 5.41) is 14.3. The average molecular weight is 329 g/mol. The highest BCUT2D eigenvalue weighted by atomic mass is 35.5. The van der Waals surface area contributed by atoms with Crippen LogP contribution in [0.4, 0.5) is 11.5 Å². The van der Waals surface area contributed by atoms with Crippen molar-refractivity contribution < 1.29 is 14.5 Å². The zero-order valence-electron chi connectivity index (χ0n) is 12.3. The third-order valence-electron chi connectivity index (χ3n) is 3.31. The van der Waals surface area contributed by atoms with Gasteiger partial charge in [-0.25, -0.2) is 9.55 Å². The maximum atomic E-state index is 10.9. The molecular formula is C16H13ClN4O2. The van der Waals surface area contributed by atoms with E-state index in [2.05, 4.69) is 15.3 Å². The summed E-state index contributed by atoms with van der Waals surface area (Å²) in [4.78, 5) is 19.4. The van der Waals surface area contributed by atoms with Crippen LogP contribution in [0.1, 0.15) is 5.56 Å². The molecule has 23 heavy (non-hydrogen) atoms. The fourth-order valence-electron chi connectivity index (χ4n) is 2.21. The summed E-state index contributed by atoms with van der Waals surface area (Å²) in [6.07, 6.45) is 1.43. The standard InChI is InChI=1S/C16H13ClN4O2/c1-10-2-4-11(5-3-10)19-16-15-12(6-7-13(17)20-15)21(9-18-16)8-14(22)23/h2-7,9H,8H2,1H3,(H,22,23). The molecule has 3 rings (SSSR count). The van der Waals surface area contributed by atoms with Crippen LogP contribution in [0, 0.1) is 6.92 Å². The van der Waals surface area contributed by atoms with Crippen LogP contribution in [-0.4, -0.2) is 15.9 Å². The van der Waals surface area contributed by atoms with E-state index in [4.69, 9.17) is 11.6 Å². The smallest absolute Gasteiger partial charge is 0.289 e. The molecule has 0 saturated heterocycles. The third kappa shape index (κ3) is 3.37. The quantitative estimate of drug-likeness (QED) is 0.578. The Balaban J connectivity index is 2.08. The van der Waals surface area contributed by atoms with E-state index in [1.165, 1.54) is 10.9 Å². The van der Waals surface area contributed by atoms with Crippen LogP contribution in [0.15, 0.2) is 42.7 Å². The van der Waals surface area contributed by atoms with E-state index in [0.29, 0.717) is 22.0 Å². The predicted octanol–water partition coefficient (Wildman–Crippen LogP) is 1.37. The Morgan fingerprint density at radius 3 is 2.70 bits per heavy atom. The number of aryl methyl sites for hydroxylation is 1. The molecule has 0 amide bonds. The first kappa shape index (κ1) is 15.2. The largest absolute Gasteiger partial charge is 0.546 e. The van der Waals surface area contributed by atoms with Gasteiger partial charge >= 0.3 is 0 Å². The fraction of sp³-hybridized carbons (Fsp3) is 0.125. The molecule has 116 valence electrons. The minimum absolute atomic E-state index is 0.303. The lowest BCUT2D eigenvalue weighted by atomic mass is 10.2. The summed E-state index contributed by atoms with van der Waals surface area (Å²) in [6.45, 7) is 1.70. The molecule has 2 aromatic heterocycles. The van der Waals surface area contributed by atoms with E-state index >= 15 is 0 Å². The number of anilines is 2. The summed E-state index contributed by atoms with van der Waals surface area (Å²) < 4.78 is 1.45. The molecule has 0 fully saturated rings. The zero-order valence-corrected chi connectivity index (χ0v) is 13.0. The van der Waals surface area contributed by atoms with Crippen LogP contribution < -0.4 is 15.0 Å². The fourth-order valence-corrected chi connectivity index (χ4v) is 2.36. The topological polar surface area (TPSA) is 81.8 Å². The number of carbonyl (C=O) groups is 1. The number of nitrogens with zero attached hydrogens (tertiary/aromatic N) is 3. The molecule has 0 aliphatic carbocycles. The molecule has 6 nitrogen and oxygen atoms in total. The van der Waals surface area contributed by atoms with E-state index in [-0.39, 0.29) is 6.54 Å². The van der Waals surface area contributed by atoms with Crippen molar-refractivity contribution in [3.05, 3.63) is 53.4 Å². The molecule has 2 heterocycles. The minimum Gasteiger partial charge on any atom is -0.546 e. The number of benzene rings is 1. The molecule has 0 radical (unpaired) electrons. The van der Waals surface area contributed by atoms with Crippen molar-refractivity contribution in [1.29, 1.82) is 0 Å². The van der Waals surface area contributed by atoms with Crippen molar-refractivity contribution in [2.24, 2.45) is 0 Å². The van der Waals surface area contributed by atoms with Gasteiger partial charge in [0, 0.05) is 5.69 Å². The number of pyridine rings is 1. The van der Waals surface area contributed by atoms with Crippen LogP contribution >= 0.6 is 11.6 Å². The number of hydrogen-bond donors (Lipinski definition) is 1. The van der Waals surface area contributed by atoms with Gasteiger partial charge in [-0.1, -0.05) is 29.3 Å². The van der Waals surface area contributed by atoms with E-state index in [0.717, 1.165) is 11.3 Å². The van der Waals surface area contributed by atoms with Gasteiger partial charge in [0.15, 0.2) is 11.0 Å². The molecule has 1 N–H and O–H groups in total. The van der Waals surface area contributed by atoms with E-state index in [1.54, 1.807) is 12.1 Å². The zero-order chi connectivity index (χ0) is 16.4. The highest BCUT2D eigenvalue weighted by Crippen LogP contribution is 2.22. The SMILES string of the molecule is Cc1ccc(Nc2nc[n+](CC(=O)[O-])c3ccc(Cl)nc23)cc1. The molecule has 0 atom stereocenters. The highest BCUT2D eigenvalue weighted by Gasteiger charge is 2.16. The number of aromatic nitrogens is 3.